The number of nitrogens with one attached hydrogen (secondary N) is 1. The predicted molar refractivity (Wildman–Crippen MR) is 125 cm³/mol. The summed E-state index contributed by atoms with van der Waals surface area (Å²) in [5.41, 5.74) is 5.18. The van der Waals surface area contributed by atoms with Gasteiger partial charge in [-0.3, -0.25) is 15.5 Å². The Kier molecular flexibility index (Phi) is 6.03. The van der Waals surface area contributed by atoms with Crippen molar-refractivity contribution in [1.82, 2.24) is 9.97 Å². The number of aromatic nitrogens is 2. The number of anilines is 1. The van der Waals surface area contributed by atoms with Crippen molar-refractivity contribution >= 4 is 28.6 Å². The van der Waals surface area contributed by atoms with Gasteiger partial charge in [0.05, 0.1) is 22.8 Å². The largest absolute Gasteiger partial charge is 0.491 e. The highest BCUT2D eigenvalue weighted by molar-refractivity contribution is 5.91. The Labute approximate surface area is 184 Å². The van der Waals surface area contributed by atoms with E-state index in [9.17, 15) is 10.1 Å². The molecule has 0 unspecified atom stereocenters. The molecule has 0 bridgehead atoms. The number of rotatable bonds is 7. The van der Waals surface area contributed by atoms with Crippen LogP contribution in [-0.2, 0) is 0 Å². The fourth-order valence-corrected chi connectivity index (χ4v) is 3.13. The van der Waals surface area contributed by atoms with Crippen LogP contribution in [0.3, 0.4) is 0 Å². The maximum atomic E-state index is 11.0. The van der Waals surface area contributed by atoms with Crippen LogP contribution in [0.15, 0.2) is 77.9 Å². The van der Waals surface area contributed by atoms with E-state index in [0.29, 0.717) is 17.2 Å². The minimum atomic E-state index is -0.438. The third-order valence-corrected chi connectivity index (χ3v) is 4.55. The fraction of sp³-hybridized carbons (Fsp3) is 0.125. The van der Waals surface area contributed by atoms with Gasteiger partial charge in [-0.1, -0.05) is 24.3 Å². The summed E-state index contributed by atoms with van der Waals surface area (Å²) in [6.45, 7) is 3.96. The highest BCUT2D eigenvalue weighted by Gasteiger charge is 2.10. The van der Waals surface area contributed by atoms with Crippen molar-refractivity contribution < 1.29 is 9.66 Å². The summed E-state index contributed by atoms with van der Waals surface area (Å²) >= 11 is 0. The summed E-state index contributed by atoms with van der Waals surface area (Å²) in [5, 5.41) is 16.0. The summed E-state index contributed by atoms with van der Waals surface area (Å²) in [5.74, 6) is 1.87. The van der Waals surface area contributed by atoms with E-state index in [2.05, 4.69) is 20.5 Å². The molecule has 160 valence electrons. The van der Waals surface area contributed by atoms with Gasteiger partial charge >= 0.3 is 0 Å². The lowest BCUT2D eigenvalue weighted by atomic mass is 10.1. The van der Waals surface area contributed by atoms with Crippen molar-refractivity contribution in [2.75, 3.05) is 5.43 Å². The van der Waals surface area contributed by atoms with Gasteiger partial charge in [0.15, 0.2) is 11.6 Å². The molecule has 4 rings (SSSR count). The van der Waals surface area contributed by atoms with Crippen LogP contribution < -0.4 is 10.2 Å². The molecule has 3 aromatic carbocycles. The molecule has 1 N–H and O–H groups in total. The molecule has 0 fully saturated rings. The Morgan fingerprint density at radius 3 is 2.56 bits per heavy atom. The molecule has 1 aromatic heterocycles. The first kappa shape index (κ1) is 20.9. The number of ether oxygens (including phenoxy) is 1. The van der Waals surface area contributed by atoms with Gasteiger partial charge in [0, 0.05) is 28.6 Å². The minimum absolute atomic E-state index is 0.00798. The number of nitro benzene ring substituents is 1. The topological polar surface area (TPSA) is 103 Å². The van der Waals surface area contributed by atoms with E-state index >= 15 is 0 Å². The van der Waals surface area contributed by atoms with E-state index in [-0.39, 0.29) is 11.8 Å². The minimum Gasteiger partial charge on any atom is -0.491 e. The van der Waals surface area contributed by atoms with Gasteiger partial charge in [0.2, 0.25) is 0 Å². The standard InChI is InChI=1S/C24H21N5O3/c1-16(2)32-20-12-10-18(11-13-20)23-26-22-9-4-3-8-21(22)24(27-23)28-25-15-17-6-5-7-19(14-17)29(30)31/h3-16H,1-2H3,(H,26,27,28)/b25-15+. The first-order chi connectivity index (χ1) is 15.5. The van der Waals surface area contributed by atoms with Crippen molar-refractivity contribution in [3.8, 4) is 17.1 Å². The molecule has 4 aromatic rings. The molecule has 8 nitrogen and oxygen atoms in total. The van der Waals surface area contributed by atoms with Crippen LogP contribution in [-0.4, -0.2) is 27.2 Å². The smallest absolute Gasteiger partial charge is 0.270 e. The second-order valence-corrected chi connectivity index (χ2v) is 7.33. The molecule has 0 aliphatic carbocycles. The van der Waals surface area contributed by atoms with Crippen molar-refractivity contribution in [2.24, 2.45) is 5.10 Å². The van der Waals surface area contributed by atoms with Crippen LogP contribution in [0.4, 0.5) is 11.5 Å². The number of non-ortho nitro benzene ring substituents is 1. The van der Waals surface area contributed by atoms with E-state index in [1.165, 1.54) is 18.3 Å². The predicted octanol–water partition coefficient (Wildman–Crippen LogP) is 5.44. The molecule has 8 heteroatoms. The summed E-state index contributed by atoms with van der Waals surface area (Å²) in [4.78, 5) is 19.9. The zero-order chi connectivity index (χ0) is 22.5. The average Bonchev–Trinajstić information content (AvgIpc) is 2.79. The number of hydrogen-bond acceptors (Lipinski definition) is 7. The third-order valence-electron chi connectivity index (χ3n) is 4.55. The molecule has 0 radical (unpaired) electrons. The molecule has 0 aliphatic heterocycles. The maximum Gasteiger partial charge on any atom is 0.270 e. The van der Waals surface area contributed by atoms with E-state index in [4.69, 9.17) is 4.74 Å². The Morgan fingerprint density at radius 2 is 1.81 bits per heavy atom. The first-order valence-corrected chi connectivity index (χ1v) is 10.1. The molecular weight excluding hydrogens is 406 g/mol. The van der Waals surface area contributed by atoms with Crippen LogP contribution in [0.2, 0.25) is 0 Å². The molecule has 0 atom stereocenters. The monoisotopic (exact) mass is 427 g/mol. The molecular formula is C24H21N5O3. The number of nitrogens with zero attached hydrogens (tertiary/aromatic N) is 4. The number of fused-ring (bicyclic) bond motifs is 1. The summed E-state index contributed by atoms with van der Waals surface area (Å²) in [6, 6.07) is 21.5. The number of nitro groups is 1. The number of benzene rings is 3. The molecule has 32 heavy (non-hydrogen) atoms. The number of hydrogen-bond donors (Lipinski definition) is 1. The van der Waals surface area contributed by atoms with Gasteiger partial charge in [0.25, 0.3) is 5.69 Å². The molecule has 0 aliphatic rings. The van der Waals surface area contributed by atoms with Crippen molar-refractivity contribution in [1.29, 1.82) is 0 Å². The summed E-state index contributed by atoms with van der Waals surface area (Å²) in [7, 11) is 0. The summed E-state index contributed by atoms with van der Waals surface area (Å²) in [6.07, 6.45) is 1.61. The molecule has 0 saturated heterocycles. The fourth-order valence-electron chi connectivity index (χ4n) is 3.13. The van der Waals surface area contributed by atoms with Crippen LogP contribution >= 0.6 is 0 Å². The lowest BCUT2D eigenvalue weighted by Crippen LogP contribution is -2.05. The van der Waals surface area contributed by atoms with Crippen LogP contribution in [0, 0.1) is 10.1 Å². The van der Waals surface area contributed by atoms with Crippen LogP contribution in [0.5, 0.6) is 5.75 Å². The Balaban J connectivity index is 1.64. The van der Waals surface area contributed by atoms with Crippen LogP contribution in [0.1, 0.15) is 19.4 Å². The quantitative estimate of drug-likeness (QED) is 0.239. The lowest BCUT2D eigenvalue weighted by molar-refractivity contribution is -0.384. The summed E-state index contributed by atoms with van der Waals surface area (Å²) < 4.78 is 5.70. The van der Waals surface area contributed by atoms with Crippen molar-refractivity contribution in [2.45, 2.75) is 20.0 Å². The van der Waals surface area contributed by atoms with E-state index in [1.54, 1.807) is 12.1 Å². The van der Waals surface area contributed by atoms with Crippen molar-refractivity contribution in [3.05, 3.63) is 88.5 Å². The third kappa shape index (κ3) is 4.86. The van der Waals surface area contributed by atoms with Gasteiger partial charge < -0.3 is 4.74 Å². The molecule has 1 heterocycles. The Morgan fingerprint density at radius 1 is 1.03 bits per heavy atom. The van der Waals surface area contributed by atoms with Crippen LogP contribution in [0.25, 0.3) is 22.3 Å². The van der Waals surface area contributed by atoms with Crippen molar-refractivity contribution in [3.63, 3.8) is 0 Å². The highest BCUT2D eigenvalue weighted by Crippen LogP contribution is 2.26. The van der Waals surface area contributed by atoms with E-state index in [1.807, 2.05) is 62.4 Å². The second-order valence-electron chi connectivity index (χ2n) is 7.33. The van der Waals surface area contributed by atoms with Gasteiger partial charge in [-0.25, -0.2) is 9.97 Å². The second kappa shape index (κ2) is 9.22. The van der Waals surface area contributed by atoms with Gasteiger partial charge in [-0.15, -0.1) is 0 Å². The van der Waals surface area contributed by atoms with Gasteiger partial charge in [-0.2, -0.15) is 5.10 Å². The number of para-hydroxylation sites is 1. The molecule has 0 amide bonds. The Bertz CT molecular complexity index is 1290. The Hall–Kier alpha value is -4.33. The SMILES string of the molecule is CC(C)Oc1ccc(-c2nc(N/N=C/c3cccc([N+](=O)[O-])c3)c3ccccc3n2)cc1. The lowest BCUT2D eigenvalue weighted by Gasteiger charge is -2.11. The van der Waals surface area contributed by atoms with Gasteiger partial charge in [0.1, 0.15) is 5.75 Å². The first-order valence-electron chi connectivity index (χ1n) is 10.1. The number of hydrazone groups is 1. The van der Waals surface area contributed by atoms with Gasteiger partial charge in [-0.05, 0) is 50.2 Å². The maximum absolute atomic E-state index is 11.0. The average molecular weight is 427 g/mol. The molecule has 0 spiro atoms. The normalized spacial score (nSPS) is 11.2. The zero-order valence-electron chi connectivity index (χ0n) is 17.6. The highest BCUT2D eigenvalue weighted by atomic mass is 16.6. The zero-order valence-corrected chi connectivity index (χ0v) is 17.6. The van der Waals surface area contributed by atoms with E-state index in [0.717, 1.165) is 22.2 Å². The molecule has 0 saturated carbocycles. The van der Waals surface area contributed by atoms with E-state index < -0.39 is 4.92 Å².